The lowest BCUT2D eigenvalue weighted by molar-refractivity contribution is -0.119. The van der Waals surface area contributed by atoms with E-state index in [1.54, 1.807) is 18.9 Å². The predicted octanol–water partition coefficient (Wildman–Crippen LogP) is 4.42. The number of hydrogen-bond acceptors (Lipinski definition) is 3. The van der Waals surface area contributed by atoms with Gasteiger partial charge in [-0.1, -0.05) is 35.9 Å². The first-order chi connectivity index (χ1) is 11.5. The predicted molar refractivity (Wildman–Crippen MR) is 102 cm³/mol. The number of rotatable bonds is 7. The van der Waals surface area contributed by atoms with E-state index in [0.29, 0.717) is 5.75 Å². The average molecular weight is 343 g/mol. The minimum absolute atomic E-state index is 0.0275. The van der Waals surface area contributed by atoms with Gasteiger partial charge in [-0.05, 0) is 49.6 Å². The summed E-state index contributed by atoms with van der Waals surface area (Å²) >= 11 is 1.62. The van der Waals surface area contributed by atoms with Crippen LogP contribution in [0.15, 0.2) is 42.5 Å². The molecule has 1 N–H and O–H groups in total. The molecule has 0 aliphatic carbocycles. The number of benzene rings is 2. The molecule has 0 saturated carbocycles. The number of carbonyl (C=O) groups excluding carboxylic acids is 1. The zero-order valence-electron chi connectivity index (χ0n) is 14.8. The van der Waals surface area contributed by atoms with Crippen molar-refractivity contribution in [2.24, 2.45) is 0 Å². The summed E-state index contributed by atoms with van der Waals surface area (Å²) in [6.07, 6.45) is 0. The number of thioether (sulfide) groups is 1. The number of methoxy groups -OCH3 is 1. The fraction of sp³-hybridized carbons (Fsp3) is 0.350. The number of amides is 1. The maximum absolute atomic E-state index is 12.1. The van der Waals surface area contributed by atoms with Crippen LogP contribution < -0.4 is 10.1 Å². The highest BCUT2D eigenvalue weighted by Gasteiger charge is 2.11. The van der Waals surface area contributed by atoms with E-state index >= 15 is 0 Å². The zero-order chi connectivity index (χ0) is 17.5. The number of ether oxygens (including phenoxy) is 1. The number of carbonyl (C=O) groups is 1. The fourth-order valence-electron chi connectivity index (χ4n) is 2.66. The molecule has 0 saturated heterocycles. The van der Waals surface area contributed by atoms with E-state index in [0.717, 1.165) is 11.5 Å². The van der Waals surface area contributed by atoms with Crippen LogP contribution in [-0.4, -0.2) is 18.8 Å². The normalized spacial score (nSPS) is 11.8. The van der Waals surface area contributed by atoms with Crippen molar-refractivity contribution < 1.29 is 9.53 Å². The molecule has 4 heteroatoms. The van der Waals surface area contributed by atoms with Crippen LogP contribution in [0.3, 0.4) is 0 Å². The molecule has 2 aromatic rings. The number of aryl methyl sites for hydroxylation is 2. The third-order valence-corrected chi connectivity index (χ3v) is 4.93. The maximum Gasteiger partial charge on any atom is 0.230 e. The molecule has 24 heavy (non-hydrogen) atoms. The molecular weight excluding hydrogens is 318 g/mol. The molecule has 1 atom stereocenters. The van der Waals surface area contributed by atoms with Crippen LogP contribution in [0.5, 0.6) is 5.75 Å². The first kappa shape index (κ1) is 18.4. The Balaban J connectivity index is 1.79. The Bertz CT molecular complexity index is 683. The summed E-state index contributed by atoms with van der Waals surface area (Å²) in [7, 11) is 1.66. The maximum atomic E-state index is 12.1. The quantitative estimate of drug-likeness (QED) is 0.808. The van der Waals surface area contributed by atoms with Gasteiger partial charge >= 0.3 is 0 Å². The van der Waals surface area contributed by atoms with E-state index in [9.17, 15) is 4.79 Å². The van der Waals surface area contributed by atoms with Crippen molar-refractivity contribution in [3.05, 3.63) is 64.7 Å². The highest BCUT2D eigenvalue weighted by molar-refractivity contribution is 7.99. The monoisotopic (exact) mass is 343 g/mol. The third kappa shape index (κ3) is 5.31. The standard InChI is InChI=1S/C20H25NO2S/c1-14-5-10-19(15(2)11-14)16(3)21-20(22)13-24-12-17-6-8-18(23-4)9-7-17/h5-11,16H,12-13H2,1-4H3,(H,21,22)/t16-/m0/s1. The van der Waals surface area contributed by atoms with E-state index in [4.69, 9.17) is 4.74 Å². The summed E-state index contributed by atoms with van der Waals surface area (Å²) in [5.74, 6) is 2.20. The van der Waals surface area contributed by atoms with Crippen LogP contribution in [0.1, 0.15) is 35.2 Å². The lowest BCUT2D eigenvalue weighted by Gasteiger charge is -2.17. The molecule has 0 fully saturated rings. The van der Waals surface area contributed by atoms with Gasteiger partial charge in [-0.25, -0.2) is 0 Å². The second kappa shape index (κ2) is 8.78. The minimum Gasteiger partial charge on any atom is -0.497 e. The largest absolute Gasteiger partial charge is 0.497 e. The first-order valence-electron chi connectivity index (χ1n) is 8.07. The van der Waals surface area contributed by atoms with E-state index in [1.807, 2.05) is 31.2 Å². The van der Waals surface area contributed by atoms with Gasteiger partial charge in [0, 0.05) is 5.75 Å². The average Bonchev–Trinajstić information content (AvgIpc) is 2.55. The first-order valence-corrected chi connectivity index (χ1v) is 9.22. The van der Waals surface area contributed by atoms with Crippen molar-refractivity contribution in [1.29, 1.82) is 0 Å². The molecule has 0 aromatic heterocycles. The van der Waals surface area contributed by atoms with Crippen molar-refractivity contribution in [3.8, 4) is 5.75 Å². The Hall–Kier alpha value is -1.94. The molecule has 0 aliphatic heterocycles. The Labute approximate surface area is 148 Å². The number of nitrogens with one attached hydrogen (secondary N) is 1. The van der Waals surface area contributed by atoms with Gasteiger partial charge in [0.2, 0.25) is 5.91 Å². The molecule has 2 aromatic carbocycles. The molecule has 0 aliphatic rings. The molecule has 3 nitrogen and oxygen atoms in total. The van der Waals surface area contributed by atoms with Crippen LogP contribution >= 0.6 is 11.8 Å². The van der Waals surface area contributed by atoms with Gasteiger partial charge in [0.1, 0.15) is 5.75 Å². The van der Waals surface area contributed by atoms with E-state index in [-0.39, 0.29) is 11.9 Å². The molecule has 0 heterocycles. The number of hydrogen-bond donors (Lipinski definition) is 1. The van der Waals surface area contributed by atoms with Crippen LogP contribution in [0.4, 0.5) is 0 Å². The molecule has 1 amide bonds. The van der Waals surface area contributed by atoms with Gasteiger partial charge in [-0.15, -0.1) is 11.8 Å². The third-order valence-electron chi connectivity index (χ3n) is 3.93. The Kier molecular flexibility index (Phi) is 6.73. The molecule has 2 rings (SSSR count). The molecule has 0 bridgehead atoms. The minimum atomic E-state index is 0.0275. The lowest BCUT2D eigenvalue weighted by atomic mass is 10.0. The van der Waals surface area contributed by atoms with Crippen LogP contribution in [0, 0.1) is 13.8 Å². The summed E-state index contributed by atoms with van der Waals surface area (Å²) < 4.78 is 5.14. The zero-order valence-corrected chi connectivity index (χ0v) is 15.6. The lowest BCUT2D eigenvalue weighted by Crippen LogP contribution is -2.28. The van der Waals surface area contributed by atoms with Crippen molar-refractivity contribution in [3.63, 3.8) is 0 Å². The highest BCUT2D eigenvalue weighted by atomic mass is 32.2. The van der Waals surface area contributed by atoms with Crippen LogP contribution in [0.25, 0.3) is 0 Å². The van der Waals surface area contributed by atoms with Gasteiger partial charge in [0.25, 0.3) is 0 Å². The van der Waals surface area contributed by atoms with Gasteiger partial charge in [0.05, 0.1) is 18.9 Å². The Morgan fingerprint density at radius 2 is 1.88 bits per heavy atom. The summed E-state index contributed by atoms with van der Waals surface area (Å²) in [6.45, 7) is 6.20. The van der Waals surface area contributed by atoms with Gasteiger partial charge in [-0.2, -0.15) is 0 Å². The second-order valence-electron chi connectivity index (χ2n) is 5.99. The summed E-state index contributed by atoms with van der Waals surface area (Å²) in [5.41, 5.74) is 4.82. The molecule has 128 valence electrons. The van der Waals surface area contributed by atoms with E-state index in [2.05, 4.69) is 37.4 Å². The highest BCUT2D eigenvalue weighted by Crippen LogP contribution is 2.20. The smallest absolute Gasteiger partial charge is 0.230 e. The van der Waals surface area contributed by atoms with Gasteiger partial charge in [-0.3, -0.25) is 4.79 Å². The topological polar surface area (TPSA) is 38.3 Å². The van der Waals surface area contributed by atoms with Gasteiger partial charge < -0.3 is 10.1 Å². The fourth-order valence-corrected chi connectivity index (χ4v) is 3.45. The van der Waals surface area contributed by atoms with Crippen LogP contribution in [-0.2, 0) is 10.5 Å². The van der Waals surface area contributed by atoms with E-state index in [1.165, 1.54) is 22.3 Å². The summed E-state index contributed by atoms with van der Waals surface area (Å²) in [4.78, 5) is 12.1. The molecule has 0 spiro atoms. The van der Waals surface area contributed by atoms with Gasteiger partial charge in [0.15, 0.2) is 0 Å². The SMILES string of the molecule is COc1ccc(CSCC(=O)N[C@@H](C)c2ccc(C)cc2C)cc1. The Morgan fingerprint density at radius 3 is 2.50 bits per heavy atom. The van der Waals surface area contributed by atoms with Crippen LogP contribution in [0.2, 0.25) is 0 Å². The summed E-state index contributed by atoms with van der Waals surface area (Å²) in [6, 6.07) is 14.3. The van der Waals surface area contributed by atoms with Crippen molar-refractivity contribution in [2.45, 2.75) is 32.6 Å². The van der Waals surface area contributed by atoms with E-state index < -0.39 is 0 Å². The molecule has 0 radical (unpaired) electrons. The second-order valence-corrected chi connectivity index (χ2v) is 6.98. The summed E-state index contributed by atoms with van der Waals surface area (Å²) in [5, 5.41) is 3.08. The molecule has 0 unspecified atom stereocenters. The Morgan fingerprint density at radius 1 is 1.17 bits per heavy atom. The van der Waals surface area contributed by atoms with Crippen molar-refractivity contribution in [2.75, 3.05) is 12.9 Å². The van der Waals surface area contributed by atoms with Crippen molar-refractivity contribution >= 4 is 17.7 Å². The van der Waals surface area contributed by atoms with Crippen molar-refractivity contribution in [1.82, 2.24) is 5.32 Å². The molecular formula is C20H25NO2S.